The first-order valence-electron chi connectivity index (χ1n) is 9.18. The number of hydrogen-bond donors (Lipinski definition) is 1. The molecule has 0 saturated carbocycles. The number of likely N-dealkylation sites (tertiary alicyclic amines) is 1. The fourth-order valence-electron chi connectivity index (χ4n) is 3.54. The highest BCUT2D eigenvalue weighted by atomic mass is 16.2. The van der Waals surface area contributed by atoms with Crippen molar-refractivity contribution >= 4 is 17.5 Å². The van der Waals surface area contributed by atoms with Crippen LogP contribution in [0.4, 0.5) is 5.69 Å². The lowest BCUT2D eigenvalue weighted by atomic mass is 9.94. The van der Waals surface area contributed by atoms with E-state index >= 15 is 0 Å². The Morgan fingerprint density at radius 2 is 1.58 bits per heavy atom. The summed E-state index contributed by atoms with van der Waals surface area (Å²) in [7, 11) is 0. The standard InChI is InChI=1S/C22H26N2O2/c1-15-6-4-9-19(14-15)22(26)24-12-10-18(11-13-24)21(25)23-20-16(2)7-5-8-17(20)3/h4-9,14,18H,10-13H2,1-3H3,(H,23,25). The van der Waals surface area contributed by atoms with Crippen LogP contribution in [0.3, 0.4) is 0 Å². The number of carbonyl (C=O) groups excluding carboxylic acids is 2. The molecule has 1 saturated heterocycles. The SMILES string of the molecule is Cc1cccc(C(=O)N2CCC(C(=O)Nc3c(C)cccc3C)CC2)c1. The summed E-state index contributed by atoms with van der Waals surface area (Å²) < 4.78 is 0. The van der Waals surface area contributed by atoms with E-state index in [-0.39, 0.29) is 17.7 Å². The van der Waals surface area contributed by atoms with Gasteiger partial charge in [-0.2, -0.15) is 0 Å². The molecule has 0 unspecified atom stereocenters. The van der Waals surface area contributed by atoms with Crippen molar-refractivity contribution in [2.75, 3.05) is 18.4 Å². The number of rotatable bonds is 3. The third kappa shape index (κ3) is 3.96. The van der Waals surface area contributed by atoms with E-state index in [0.29, 0.717) is 25.9 Å². The molecule has 0 spiro atoms. The third-order valence-corrected chi connectivity index (χ3v) is 5.15. The molecule has 0 aromatic heterocycles. The van der Waals surface area contributed by atoms with E-state index in [1.807, 2.05) is 68.1 Å². The van der Waals surface area contributed by atoms with Gasteiger partial charge in [-0.05, 0) is 56.9 Å². The third-order valence-electron chi connectivity index (χ3n) is 5.15. The number of amides is 2. The Balaban J connectivity index is 1.60. The fourth-order valence-corrected chi connectivity index (χ4v) is 3.54. The van der Waals surface area contributed by atoms with Crippen LogP contribution in [0, 0.1) is 26.7 Å². The van der Waals surface area contributed by atoms with Crippen LogP contribution < -0.4 is 5.32 Å². The van der Waals surface area contributed by atoms with Crippen LogP contribution in [0.25, 0.3) is 0 Å². The van der Waals surface area contributed by atoms with Gasteiger partial charge in [-0.15, -0.1) is 0 Å². The summed E-state index contributed by atoms with van der Waals surface area (Å²) in [5.41, 5.74) is 4.87. The number of nitrogens with one attached hydrogen (secondary N) is 1. The van der Waals surface area contributed by atoms with Gasteiger partial charge in [0.25, 0.3) is 5.91 Å². The van der Waals surface area contributed by atoms with Crippen molar-refractivity contribution in [1.82, 2.24) is 4.90 Å². The molecule has 4 nitrogen and oxygen atoms in total. The topological polar surface area (TPSA) is 49.4 Å². The summed E-state index contributed by atoms with van der Waals surface area (Å²) in [5.74, 6) is 0.0722. The molecule has 1 N–H and O–H groups in total. The number of para-hydroxylation sites is 1. The van der Waals surface area contributed by atoms with E-state index in [0.717, 1.165) is 27.9 Å². The highest BCUT2D eigenvalue weighted by Gasteiger charge is 2.28. The van der Waals surface area contributed by atoms with Crippen LogP contribution in [0.2, 0.25) is 0 Å². The van der Waals surface area contributed by atoms with Gasteiger partial charge in [0.2, 0.25) is 5.91 Å². The maximum atomic E-state index is 12.6. The summed E-state index contributed by atoms with van der Waals surface area (Å²) in [5, 5.41) is 3.09. The van der Waals surface area contributed by atoms with Crippen LogP contribution in [0.5, 0.6) is 0 Å². The minimum Gasteiger partial charge on any atom is -0.339 e. The first kappa shape index (κ1) is 18.2. The molecular weight excluding hydrogens is 324 g/mol. The molecule has 1 fully saturated rings. The molecule has 0 radical (unpaired) electrons. The van der Waals surface area contributed by atoms with Crippen molar-refractivity contribution in [2.45, 2.75) is 33.6 Å². The minimum absolute atomic E-state index is 0.0458. The average molecular weight is 350 g/mol. The van der Waals surface area contributed by atoms with Gasteiger partial charge in [0.15, 0.2) is 0 Å². The molecule has 0 atom stereocenters. The predicted molar refractivity (Wildman–Crippen MR) is 104 cm³/mol. The van der Waals surface area contributed by atoms with Gasteiger partial charge in [-0.25, -0.2) is 0 Å². The van der Waals surface area contributed by atoms with Crippen molar-refractivity contribution < 1.29 is 9.59 Å². The Kier molecular flexibility index (Phi) is 5.40. The van der Waals surface area contributed by atoms with Gasteiger partial charge in [0.1, 0.15) is 0 Å². The Hall–Kier alpha value is -2.62. The zero-order chi connectivity index (χ0) is 18.7. The second-order valence-electron chi connectivity index (χ2n) is 7.19. The average Bonchev–Trinajstić information content (AvgIpc) is 2.64. The smallest absolute Gasteiger partial charge is 0.253 e. The molecule has 0 aliphatic carbocycles. The van der Waals surface area contributed by atoms with E-state index < -0.39 is 0 Å². The van der Waals surface area contributed by atoms with Crippen molar-refractivity contribution in [3.05, 3.63) is 64.7 Å². The van der Waals surface area contributed by atoms with Crippen LogP contribution in [-0.4, -0.2) is 29.8 Å². The molecule has 1 aliphatic rings. The first-order chi connectivity index (χ1) is 12.5. The molecule has 1 aliphatic heterocycles. The molecule has 2 aromatic rings. The maximum Gasteiger partial charge on any atom is 0.253 e. The molecular formula is C22H26N2O2. The van der Waals surface area contributed by atoms with Gasteiger partial charge in [-0.1, -0.05) is 35.9 Å². The van der Waals surface area contributed by atoms with Crippen molar-refractivity contribution in [1.29, 1.82) is 0 Å². The molecule has 136 valence electrons. The van der Waals surface area contributed by atoms with E-state index in [2.05, 4.69) is 5.32 Å². The van der Waals surface area contributed by atoms with E-state index in [9.17, 15) is 9.59 Å². The Labute approximate surface area is 155 Å². The van der Waals surface area contributed by atoms with E-state index in [4.69, 9.17) is 0 Å². The van der Waals surface area contributed by atoms with Crippen LogP contribution >= 0.6 is 0 Å². The first-order valence-corrected chi connectivity index (χ1v) is 9.18. The molecule has 26 heavy (non-hydrogen) atoms. The van der Waals surface area contributed by atoms with Crippen LogP contribution in [0.1, 0.15) is 39.9 Å². The number of nitrogens with zero attached hydrogens (tertiary/aromatic N) is 1. The maximum absolute atomic E-state index is 12.6. The van der Waals surface area contributed by atoms with Crippen molar-refractivity contribution in [3.63, 3.8) is 0 Å². The second kappa shape index (κ2) is 7.73. The Morgan fingerprint density at radius 3 is 2.19 bits per heavy atom. The lowest BCUT2D eigenvalue weighted by molar-refractivity contribution is -0.121. The van der Waals surface area contributed by atoms with Gasteiger partial charge in [0.05, 0.1) is 0 Å². The second-order valence-corrected chi connectivity index (χ2v) is 7.19. The normalized spacial score (nSPS) is 15.0. The molecule has 0 bridgehead atoms. The van der Waals surface area contributed by atoms with Gasteiger partial charge in [-0.3, -0.25) is 9.59 Å². The van der Waals surface area contributed by atoms with Gasteiger partial charge >= 0.3 is 0 Å². The molecule has 3 rings (SSSR count). The predicted octanol–water partition coefficient (Wildman–Crippen LogP) is 4.10. The summed E-state index contributed by atoms with van der Waals surface area (Å²) in [6.07, 6.45) is 1.41. The van der Waals surface area contributed by atoms with Gasteiger partial charge in [0, 0.05) is 30.3 Å². The monoisotopic (exact) mass is 350 g/mol. The number of hydrogen-bond acceptors (Lipinski definition) is 2. The zero-order valence-corrected chi connectivity index (χ0v) is 15.7. The molecule has 2 aromatic carbocycles. The number of carbonyl (C=O) groups is 2. The number of benzene rings is 2. The largest absolute Gasteiger partial charge is 0.339 e. The highest BCUT2D eigenvalue weighted by Crippen LogP contribution is 2.24. The van der Waals surface area contributed by atoms with Crippen molar-refractivity contribution in [2.24, 2.45) is 5.92 Å². The number of anilines is 1. The zero-order valence-electron chi connectivity index (χ0n) is 15.7. The summed E-state index contributed by atoms with van der Waals surface area (Å²) in [6.45, 7) is 7.24. The summed E-state index contributed by atoms with van der Waals surface area (Å²) in [4.78, 5) is 27.1. The molecule has 2 amide bonds. The fraction of sp³-hybridized carbons (Fsp3) is 0.364. The Bertz CT molecular complexity index is 800. The van der Waals surface area contributed by atoms with Crippen LogP contribution in [-0.2, 0) is 4.79 Å². The van der Waals surface area contributed by atoms with E-state index in [1.54, 1.807) is 0 Å². The lowest BCUT2D eigenvalue weighted by Crippen LogP contribution is -2.41. The summed E-state index contributed by atoms with van der Waals surface area (Å²) in [6, 6.07) is 13.7. The molecule has 4 heteroatoms. The Morgan fingerprint density at radius 1 is 0.962 bits per heavy atom. The molecule has 1 heterocycles. The van der Waals surface area contributed by atoms with Gasteiger partial charge < -0.3 is 10.2 Å². The lowest BCUT2D eigenvalue weighted by Gasteiger charge is -2.31. The number of piperidine rings is 1. The number of aryl methyl sites for hydroxylation is 3. The highest BCUT2D eigenvalue weighted by molar-refractivity contribution is 5.96. The van der Waals surface area contributed by atoms with E-state index in [1.165, 1.54) is 0 Å². The minimum atomic E-state index is -0.0458. The quantitative estimate of drug-likeness (QED) is 0.906. The van der Waals surface area contributed by atoms with Crippen molar-refractivity contribution in [3.8, 4) is 0 Å². The summed E-state index contributed by atoms with van der Waals surface area (Å²) >= 11 is 0. The van der Waals surface area contributed by atoms with Crippen LogP contribution in [0.15, 0.2) is 42.5 Å².